The van der Waals surface area contributed by atoms with Gasteiger partial charge in [0, 0.05) is 4.90 Å². The molecule has 13 heavy (non-hydrogen) atoms. The van der Waals surface area contributed by atoms with Crippen LogP contribution in [0.4, 0.5) is 0 Å². The van der Waals surface area contributed by atoms with E-state index in [2.05, 4.69) is 4.74 Å². The Balaban J connectivity index is 0.000000671. The van der Waals surface area contributed by atoms with Gasteiger partial charge in [-0.1, -0.05) is 13.8 Å². The van der Waals surface area contributed by atoms with Gasteiger partial charge in [0.15, 0.2) is 0 Å². The maximum absolute atomic E-state index is 8.17. The molecule has 0 unspecified atom stereocenters. The van der Waals surface area contributed by atoms with E-state index in [1.54, 1.807) is 30.1 Å². The fourth-order valence-corrected chi connectivity index (χ4v) is 1.10. The first-order valence-corrected chi connectivity index (χ1v) is 5.29. The molecule has 70 valence electrons. The van der Waals surface area contributed by atoms with Crippen molar-refractivity contribution in [3.05, 3.63) is 24.3 Å². The van der Waals surface area contributed by atoms with Crippen LogP contribution in [-0.2, 0) is 0 Å². The van der Waals surface area contributed by atoms with Gasteiger partial charge < -0.3 is 4.74 Å². The van der Waals surface area contributed by atoms with Gasteiger partial charge in [0.05, 0.1) is 0 Å². The molecule has 0 aliphatic carbocycles. The summed E-state index contributed by atoms with van der Waals surface area (Å²) < 4.78 is 4.60. The van der Waals surface area contributed by atoms with E-state index in [0.29, 0.717) is 5.75 Å². The maximum Gasteiger partial charge on any atom is 0.292 e. The lowest BCUT2D eigenvalue weighted by Gasteiger charge is -1.96. The predicted molar refractivity (Wildman–Crippen MR) is 55.8 cm³/mol. The number of hydrogen-bond donors (Lipinski definition) is 0. The summed E-state index contributed by atoms with van der Waals surface area (Å²) in [5, 5.41) is 8.17. The molecule has 0 aromatic heterocycles. The molecule has 0 radical (unpaired) electrons. The van der Waals surface area contributed by atoms with E-state index in [-0.39, 0.29) is 0 Å². The molecule has 0 fully saturated rings. The standard InChI is InChI=1S/C8H7NOS.C2H6/c1-11-8-4-2-7(3-5-8)10-6-9;1-2/h2-5H,1H3;1-2H3. The molecule has 0 aliphatic heterocycles. The van der Waals surface area contributed by atoms with Crippen LogP contribution in [0.15, 0.2) is 29.2 Å². The summed E-state index contributed by atoms with van der Waals surface area (Å²) in [4.78, 5) is 1.16. The quantitative estimate of drug-likeness (QED) is 0.536. The number of thioether (sulfide) groups is 1. The number of ether oxygens (including phenoxy) is 1. The van der Waals surface area contributed by atoms with Crippen molar-refractivity contribution in [1.29, 1.82) is 5.26 Å². The maximum atomic E-state index is 8.17. The molecule has 0 saturated carbocycles. The Kier molecular flexibility index (Phi) is 6.85. The van der Waals surface area contributed by atoms with Crippen molar-refractivity contribution in [2.45, 2.75) is 18.7 Å². The molecule has 2 nitrogen and oxygen atoms in total. The Bertz CT molecular complexity index is 263. The van der Waals surface area contributed by atoms with E-state index in [4.69, 9.17) is 5.26 Å². The van der Waals surface area contributed by atoms with Gasteiger partial charge in [-0.2, -0.15) is 0 Å². The summed E-state index contributed by atoms with van der Waals surface area (Å²) in [5.41, 5.74) is 0. The van der Waals surface area contributed by atoms with Crippen molar-refractivity contribution < 1.29 is 4.74 Å². The lowest BCUT2D eigenvalue weighted by atomic mass is 10.3. The first kappa shape index (κ1) is 11.9. The third-order valence-corrected chi connectivity index (χ3v) is 1.97. The highest BCUT2D eigenvalue weighted by atomic mass is 32.2. The van der Waals surface area contributed by atoms with Crippen molar-refractivity contribution in [2.75, 3.05) is 6.26 Å². The molecular weight excluding hydrogens is 182 g/mol. The predicted octanol–water partition coefficient (Wildman–Crippen LogP) is 3.29. The molecule has 0 saturated heterocycles. The summed E-state index contributed by atoms with van der Waals surface area (Å²) in [6, 6.07) is 7.37. The second-order valence-electron chi connectivity index (χ2n) is 1.87. The fourth-order valence-electron chi connectivity index (χ4n) is 0.696. The monoisotopic (exact) mass is 195 g/mol. The highest BCUT2D eigenvalue weighted by Crippen LogP contribution is 2.18. The minimum absolute atomic E-state index is 0.588. The highest BCUT2D eigenvalue weighted by molar-refractivity contribution is 7.98. The van der Waals surface area contributed by atoms with Crippen molar-refractivity contribution in [2.24, 2.45) is 0 Å². The zero-order valence-electron chi connectivity index (χ0n) is 8.07. The number of rotatable bonds is 2. The van der Waals surface area contributed by atoms with Crippen molar-refractivity contribution in [3.8, 4) is 12.0 Å². The van der Waals surface area contributed by atoms with Crippen LogP contribution in [0, 0.1) is 11.5 Å². The van der Waals surface area contributed by atoms with Gasteiger partial charge in [-0.05, 0) is 30.5 Å². The van der Waals surface area contributed by atoms with Gasteiger partial charge in [-0.15, -0.1) is 17.0 Å². The largest absolute Gasteiger partial charge is 0.388 e. The molecule has 1 aromatic carbocycles. The average Bonchev–Trinajstić information content (AvgIpc) is 2.23. The third-order valence-electron chi connectivity index (χ3n) is 1.22. The molecule has 0 bridgehead atoms. The number of benzene rings is 1. The van der Waals surface area contributed by atoms with Crippen LogP contribution in [0.1, 0.15) is 13.8 Å². The van der Waals surface area contributed by atoms with Gasteiger partial charge in [0.2, 0.25) is 0 Å². The first-order valence-electron chi connectivity index (χ1n) is 4.07. The van der Waals surface area contributed by atoms with Gasteiger partial charge >= 0.3 is 0 Å². The zero-order valence-corrected chi connectivity index (χ0v) is 8.89. The minimum Gasteiger partial charge on any atom is -0.388 e. The van der Waals surface area contributed by atoms with Gasteiger partial charge in [-0.25, -0.2) is 0 Å². The lowest BCUT2D eigenvalue weighted by Crippen LogP contribution is -1.80. The van der Waals surface area contributed by atoms with Crippen molar-refractivity contribution >= 4 is 11.8 Å². The van der Waals surface area contributed by atoms with E-state index in [1.807, 2.05) is 32.2 Å². The minimum atomic E-state index is 0.588. The topological polar surface area (TPSA) is 33.0 Å². The molecule has 1 rings (SSSR count). The van der Waals surface area contributed by atoms with E-state index in [9.17, 15) is 0 Å². The molecule has 0 atom stereocenters. The Labute approximate surface area is 83.5 Å². The van der Waals surface area contributed by atoms with Crippen LogP contribution < -0.4 is 4.74 Å². The molecule has 0 spiro atoms. The molecule has 1 aromatic rings. The SMILES string of the molecule is CC.CSc1ccc(OC#N)cc1. The van der Waals surface area contributed by atoms with Crippen LogP contribution >= 0.6 is 11.8 Å². The van der Waals surface area contributed by atoms with Gasteiger partial charge in [0.25, 0.3) is 6.26 Å². The first-order chi connectivity index (χ1) is 6.36. The zero-order chi connectivity index (χ0) is 10.1. The van der Waals surface area contributed by atoms with Crippen LogP contribution in [0.3, 0.4) is 0 Å². The van der Waals surface area contributed by atoms with Crippen LogP contribution in [0.25, 0.3) is 0 Å². The Hall–Kier alpha value is -1.14. The number of hydrogen-bond acceptors (Lipinski definition) is 3. The fraction of sp³-hybridized carbons (Fsp3) is 0.300. The van der Waals surface area contributed by atoms with E-state index in [1.165, 1.54) is 0 Å². The second-order valence-corrected chi connectivity index (χ2v) is 2.75. The van der Waals surface area contributed by atoms with Crippen LogP contribution in [0.2, 0.25) is 0 Å². The number of nitriles is 1. The molecule has 0 aliphatic rings. The van der Waals surface area contributed by atoms with E-state index in [0.717, 1.165) is 4.90 Å². The summed E-state index contributed by atoms with van der Waals surface area (Å²) >= 11 is 1.66. The molecule has 0 amide bonds. The Morgan fingerprint density at radius 1 is 1.23 bits per heavy atom. The summed E-state index contributed by atoms with van der Waals surface area (Å²) in [6.45, 7) is 4.00. The molecule has 0 N–H and O–H groups in total. The average molecular weight is 195 g/mol. The Morgan fingerprint density at radius 3 is 2.15 bits per heavy atom. The second kappa shape index (κ2) is 7.51. The van der Waals surface area contributed by atoms with Gasteiger partial charge in [-0.3, -0.25) is 0 Å². The smallest absolute Gasteiger partial charge is 0.292 e. The molecule has 3 heteroatoms. The van der Waals surface area contributed by atoms with E-state index >= 15 is 0 Å². The highest BCUT2D eigenvalue weighted by Gasteiger charge is 1.91. The number of nitrogens with zero attached hydrogens (tertiary/aromatic N) is 1. The summed E-state index contributed by atoms with van der Waals surface area (Å²) in [6.07, 6.45) is 3.61. The summed E-state index contributed by atoms with van der Waals surface area (Å²) in [5.74, 6) is 0.588. The summed E-state index contributed by atoms with van der Waals surface area (Å²) in [7, 11) is 0. The van der Waals surface area contributed by atoms with Gasteiger partial charge in [0.1, 0.15) is 5.75 Å². The van der Waals surface area contributed by atoms with E-state index < -0.39 is 0 Å². The molecule has 0 heterocycles. The van der Waals surface area contributed by atoms with Crippen LogP contribution in [0.5, 0.6) is 5.75 Å². The van der Waals surface area contributed by atoms with Crippen LogP contribution in [-0.4, -0.2) is 6.26 Å². The Morgan fingerprint density at radius 2 is 1.77 bits per heavy atom. The lowest BCUT2D eigenvalue weighted by molar-refractivity contribution is 0.507. The third kappa shape index (κ3) is 4.44. The molecular formula is C10H13NOS. The normalized spacial score (nSPS) is 7.85. The van der Waals surface area contributed by atoms with Crippen molar-refractivity contribution in [3.63, 3.8) is 0 Å². The van der Waals surface area contributed by atoms with Crippen molar-refractivity contribution in [1.82, 2.24) is 0 Å².